The number of carbonyl (C=O) groups excluding carboxylic acids is 1. The van der Waals surface area contributed by atoms with Gasteiger partial charge in [0.25, 0.3) is 0 Å². The minimum Gasteiger partial charge on any atom is -0.353 e. The van der Waals surface area contributed by atoms with Gasteiger partial charge in [-0.3, -0.25) is 9.36 Å². The molecule has 9 heteroatoms. The summed E-state index contributed by atoms with van der Waals surface area (Å²) in [6, 6.07) is 5.84. The van der Waals surface area contributed by atoms with Crippen LogP contribution in [0.1, 0.15) is 49.9 Å². The standard InChI is InChI=1S/C21H25F3N4O2/c22-16-3-1-14(2-4-16)13-28-20(30)27-12-9-17(5-6-18(27)26-28)25-19(29)15-7-10-21(23,24)11-8-15/h1-4,15,17H,5-13H2,(H,25,29). The fraction of sp³-hybridized carbons (Fsp3) is 0.571. The van der Waals surface area contributed by atoms with Crippen molar-refractivity contribution in [3.05, 3.63) is 52.0 Å². The summed E-state index contributed by atoms with van der Waals surface area (Å²) in [7, 11) is 0. The van der Waals surface area contributed by atoms with Gasteiger partial charge in [-0.05, 0) is 43.4 Å². The highest BCUT2D eigenvalue weighted by Crippen LogP contribution is 2.36. The Balaban J connectivity index is 1.35. The largest absolute Gasteiger partial charge is 0.353 e. The fourth-order valence-corrected chi connectivity index (χ4v) is 4.26. The maximum Gasteiger partial charge on any atom is 0.346 e. The van der Waals surface area contributed by atoms with Crippen molar-refractivity contribution < 1.29 is 18.0 Å². The molecule has 1 aliphatic heterocycles. The summed E-state index contributed by atoms with van der Waals surface area (Å²) in [5.74, 6) is -2.85. The molecule has 1 aromatic heterocycles. The number of aromatic nitrogens is 3. The second-order valence-electron chi connectivity index (χ2n) is 8.30. The lowest BCUT2D eigenvalue weighted by Crippen LogP contribution is -2.41. The predicted molar refractivity (Wildman–Crippen MR) is 104 cm³/mol. The zero-order valence-corrected chi connectivity index (χ0v) is 16.6. The third-order valence-electron chi connectivity index (χ3n) is 6.10. The molecule has 162 valence electrons. The van der Waals surface area contributed by atoms with Crippen molar-refractivity contribution in [1.29, 1.82) is 0 Å². The van der Waals surface area contributed by atoms with Crippen molar-refractivity contribution in [2.24, 2.45) is 5.92 Å². The number of fused-ring (bicyclic) bond motifs is 1. The molecule has 0 radical (unpaired) electrons. The van der Waals surface area contributed by atoms with Gasteiger partial charge in [-0.25, -0.2) is 22.6 Å². The molecule has 0 bridgehead atoms. The summed E-state index contributed by atoms with van der Waals surface area (Å²) in [6.07, 6.45) is 1.71. The summed E-state index contributed by atoms with van der Waals surface area (Å²) in [5.41, 5.74) is 0.561. The molecular formula is C21H25F3N4O2. The van der Waals surface area contributed by atoms with Crippen molar-refractivity contribution in [3.8, 4) is 0 Å². The van der Waals surface area contributed by atoms with Gasteiger partial charge in [0.2, 0.25) is 11.8 Å². The van der Waals surface area contributed by atoms with Gasteiger partial charge in [-0.1, -0.05) is 12.1 Å². The maximum atomic E-state index is 13.3. The van der Waals surface area contributed by atoms with E-state index in [1.165, 1.54) is 16.8 Å². The second kappa shape index (κ2) is 8.28. The zero-order valence-electron chi connectivity index (χ0n) is 16.6. The van der Waals surface area contributed by atoms with E-state index in [0.29, 0.717) is 31.6 Å². The number of aryl methyl sites for hydroxylation is 1. The van der Waals surface area contributed by atoms with Crippen LogP contribution < -0.4 is 11.0 Å². The lowest BCUT2D eigenvalue weighted by Gasteiger charge is -2.28. The van der Waals surface area contributed by atoms with Crippen LogP contribution in [0, 0.1) is 11.7 Å². The predicted octanol–water partition coefficient (Wildman–Crippen LogP) is 2.88. The highest BCUT2D eigenvalue weighted by Gasteiger charge is 2.37. The number of benzene rings is 1. The molecule has 1 aromatic carbocycles. The van der Waals surface area contributed by atoms with E-state index in [9.17, 15) is 22.8 Å². The van der Waals surface area contributed by atoms with Crippen LogP contribution in [0.15, 0.2) is 29.1 Å². The van der Waals surface area contributed by atoms with Crippen molar-refractivity contribution in [2.45, 2.75) is 70.0 Å². The molecule has 1 aliphatic carbocycles. The first kappa shape index (κ1) is 20.7. The van der Waals surface area contributed by atoms with Crippen molar-refractivity contribution in [3.63, 3.8) is 0 Å². The van der Waals surface area contributed by atoms with E-state index in [-0.39, 0.29) is 61.6 Å². The third-order valence-corrected chi connectivity index (χ3v) is 6.10. The van der Waals surface area contributed by atoms with Crippen LogP contribution in [0.25, 0.3) is 0 Å². The van der Waals surface area contributed by atoms with E-state index < -0.39 is 5.92 Å². The Bertz CT molecular complexity index is 958. The van der Waals surface area contributed by atoms with Crippen molar-refractivity contribution in [2.75, 3.05) is 0 Å². The van der Waals surface area contributed by atoms with Gasteiger partial charge in [0.05, 0.1) is 6.54 Å². The van der Waals surface area contributed by atoms with Crippen LogP contribution in [-0.4, -0.2) is 32.2 Å². The zero-order chi connectivity index (χ0) is 21.3. The van der Waals surface area contributed by atoms with Crippen LogP contribution in [0.5, 0.6) is 0 Å². The minimum atomic E-state index is -2.65. The van der Waals surface area contributed by atoms with Gasteiger partial charge in [-0.2, -0.15) is 5.10 Å². The van der Waals surface area contributed by atoms with Gasteiger partial charge in [0.1, 0.15) is 11.6 Å². The van der Waals surface area contributed by atoms with Crippen LogP contribution in [0.2, 0.25) is 0 Å². The third kappa shape index (κ3) is 4.60. The van der Waals surface area contributed by atoms with Gasteiger partial charge >= 0.3 is 5.69 Å². The van der Waals surface area contributed by atoms with Crippen LogP contribution in [0.4, 0.5) is 13.2 Å². The SMILES string of the molecule is O=C(NC1CCc2nn(Cc3ccc(F)cc3)c(=O)n2CC1)C1CCC(F)(F)CC1. The molecule has 0 spiro atoms. The first-order valence-corrected chi connectivity index (χ1v) is 10.4. The average Bonchev–Trinajstić information content (AvgIpc) is 2.86. The summed E-state index contributed by atoms with van der Waals surface area (Å²) >= 11 is 0. The number of rotatable bonds is 4. The summed E-state index contributed by atoms with van der Waals surface area (Å²) < 4.78 is 42.7. The number of nitrogens with zero attached hydrogens (tertiary/aromatic N) is 3. The first-order valence-electron chi connectivity index (χ1n) is 10.4. The molecule has 4 rings (SSSR count). The quantitative estimate of drug-likeness (QED) is 0.824. The van der Waals surface area contributed by atoms with Gasteiger partial charge < -0.3 is 5.32 Å². The summed E-state index contributed by atoms with van der Waals surface area (Å²) in [5, 5.41) is 7.42. The first-order chi connectivity index (χ1) is 14.3. The Morgan fingerprint density at radius 1 is 1.13 bits per heavy atom. The molecule has 0 saturated heterocycles. The second-order valence-corrected chi connectivity index (χ2v) is 8.30. The summed E-state index contributed by atoms with van der Waals surface area (Å²) in [6.45, 7) is 0.705. The molecule has 1 unspecified atom stereocenters. The fourth-order valence-electron chi connectivity index (χ4n) is 4.26. The normalized spacial score (nSPS) is 21.6. The number of hydrogen-bond donors (Lipinski definition) is 1. The highest BCUT2D eigenvalue weighted by atomic mass is 19.3. The van der Waals surface area contributed by atoms with E-state index in [2.05, 4.69) is 10.4 Å². The molecule has 30 heavy (non-hydrogen) atoms. The Labute approximate surface area is 172 Å². The van der Waals surface area contributed by atoms with Crippen LogP contribution in [0.3, 0.4) is 0 Å². The van der Waals surface area contributed by atoms with Gasteiger partial charge in [0.15, 0.2) is 0 Å². The lowest BCUT2D eigenvalue weighted by atomic mass is 9.86. The monoisotopic (exact) mass is 422 g/mol. The molecule has 1 amide bonds. The van der Waals surface area contributed by atoms with Crippen molar-refractivity contribution >= 4 is 5.91 Å². The number of alkyl halides is 2. The van der Waals surface area contributed by atoms with Crippen LogP contribution in [-0.2, 0) is 24.3 Å². The topological polar surface area (TPSA) is 68.9 Å². The Morgan fingerprint density at radius 2 is 1.83 bits per heavy atom. The molecule has 2 heterocycles. The van der Waals surface area contributed by atoms with E-state index in [0.717, 1.165) is 5.56 Å². The molecule has 2 aliphatic rings. The van der Waals surface area contributed by atoms with E-state index in [1.54, 1.807) is 16.7 Å². The van der Waals surface area contributed by atoms with Gasteiger partial charge in [-0.15, -0.1) is 0 Å². The number of amides is 1. The molecule has 1 N–H and O–H groups in total. The number of hydrogen-bond acceptors (Lipinski definition) is 3. The molecule has 6 nitrogen and oxygen atoms in total. The maximum absolute atomic E-state index is 13.3. The number of halogens is 3. The smallest absolute Gasteiger partial charge is 0.346 e. The molecular weight excluding hydrogens is 397 g/mol. The molecule has 2 aromatic rings. The average molecular weight is 422 g/mol. The van der Waals surface area contributed by atoms with Crippen LogP contribution >= 0.6 is 0 Å². The number of carbonyl (C=O) groups is 1. The van der Waals surface area contributed by atoms with Crippen molar-refractivity contribution in [1.82, 2.24) is 19.7 Å². The number of nitrogens with one attached hydrogen (secondary N) is 1. The minimum absolute atomic E-state index is 0.105. The Hall–Kier alpha value is -2.58. The molecule has 1 fully saturated rings. The lowest BCUT2D eigenvalue weighted by molar-refractivity contribution is -0.129. The summed E-state index contributed by atoms with van der Waals surface area (Å²) in [4.78, 5) is 25.2. The van der Waals surface area contributed by atoms with E-state index >= 15 is 0 Å². The molecule has 1 saturated carbocycles. The van der Waals surface area contributed by atoms with E-state index in [4.69, 9.17) is 0 Å². The molecule has 1 atom stereocenters. The Kier molecular flexibility index (Phi) is 5.71. The Morgan fingerprint density at radius 3 is 2.53 bits per heavy atom. The van der Waals surface area contributed by atoms with E-state index in [1.807, 2.05) is 0 Å². The van der Waals surface area contributed by atoms with Gasteiger partial charge in [0, 0.05) is 37.8 Å². The highest BCUT2D eigenvalue weighted by molar-refractivity contribution is 5.79.